The number of likely N-dealkylation sites (N-methyl/N-ethyl adjacent to an activating group) is 1. The molecule has 1 aliphatic rings. The minimum Gasteiger partial charge on any atom is -0.478 e. The van der Waals surface area contributed by atoms with Crippen LogP contribution in [-0.4, -0.2) is 72.6 Å². The molecule has 0 atom stereocenters. The molecule has 0 aromatic carbocycles. The van der Waals surface area contributed by atoms with E-state index in [1.54, 1.807) is 19.5 Å². The number of nitrogens with one attached hydrogen (secondary N) is 1. The van der Waals surface area contributed by atoms with Crippen LogP contribution in [0.1, 0.15) is 12.8 Å². The summed E-state index contributed by atoms with van der Waals surface area (Å²) in [6, 6.07) is 0.291. The molecule has 1 N–H and O–H groups in total. The van der Waals surface area contributed by atoms with Crippen molar-refractivity contribution < 1.29 is 9.53 Å². The molecule has 0 radical (unpaired) electrons. The van der Waals surface area contributed by atoms with Crippen molar-refractivity contribution in [2.24, 2.45) is 0 Å². The van der Waals surface area contributed by atoms with Gasteiger partial charge in [-0.3, -0.25) is 4.79 Å². The highest BCUT2D eigenvalue weighted by Gasteiger charge is 2.23. The van der Waals surface area contributed by atoms with Crippen molar-refractivity contribution in [2.45, 2.75) is 18.9 Å². The molecule has 21 heavy (non-hydrogen) atoms. The lowest BCUT2D eigenvalue weighted by Gasteiger charge is -2.33. The molecule has 1 fully saturated rings. The molecule has 0 unspecified atom stereocenters. The summed E-state index contributed by atoms with van der Waals surface area (Å²) in [7, 11) is 5.40. The van der Waals surface area contributed by atoms with Gasteiger partial charge in [-0.25, -0.2) is 9.97 Å². The summed E-state index contributed by atoms with van der Waals surface area (Å²) in [5, 5.41) is 3.35. The van der Waals surface area contributed by atoms with E-state index in [1.165, 1.54) is 0 Å². The molecule has 2 rings (SSSR count). The monoisotopic (exact) mass is 293 g/mol. The van der Waals surface area contributed by atoms with Gasteiger partial charge in [0.15, 0.2) is 5.82 Å². The van der Waals surface area contributed by atoms with E-state index in [2.05, 4.69) is 15.3 Å². The van der Waals surface area contributed by atoms with Crippen molar-refractivity contribution in [1.29, 1.82) is 0 Å². The molecular weight excluding hydrogens is 270 g/mol. The normalized spacial score (nSPS) is 16.1. The zero-order valence-electron chi connectivity index (χ0n) is 12.9. The predicted molar refractivity (Wildman–Crippen MR) is 80.4 cm³/mol. The fourth-order valence-electron chi connectivity index (χ4n) is 2.41. The average Bonchev–Trinajstić information content (AvgIpc) is 2.48. The quantitative estimate of drug-likeness (QED) is 0.850. The standard InChI is InChI=1S/C14H23N5O2/c1-18(2)10-12(20)19-8-4-11(5-9-19)17-13-14(21-3)16-7-6-15-13/h6-7,11H,4-5,8-10H2,1-3H3,(H,15,17). The highest BCUT2D eigenvalue weighted by molar-refractivity contribution is 5.78. The van der Waals surface area contributed by atoms with Gasteiger partial charge in [0.05, 0.1) is 13.7 Å². The molecular formula is C14H23N5O2. The average molecular weight is 293 g/mol. The fourth-order valence-corrected chi connectivity index (χ4v) is 2.41. The second-order valence-corrected chi connectivity index (χ2v) is 5.45. The van der Waals surface area contributed by atoms with Crippen LogP contribution in [-0.2, 0) is 4.79 Å². The van der Waals surface area contributed by atoms with E-state index in [1.807, 2.05) is 23.9 Å². The van der Waals surface area contributed by atoms with Gasteiger partial charge in [0.1, 0.15) is 0 Å². The third-order valence-corrected chi connectivity index (χ3v) is 3.50. The number of rotatable bonds is 5. The van der Waals surface area contributed by atoms with Gasteiger partial charge in [0.2, 0.25) is 5.91 Å². The summed E-state index contributed by atoms with van der Waals surface area (Å²) in [6.45, 7) is 2.01. The van der Waals surface area contributed by atoms with Gasteiger partial charge in [-0.05, 0) is 26.9 Å². The van der Waals surface area contributed by atoms with Gasteiger partial charge in [-0.15, -0.1) is 0 Å². The second-order valence-electron chi connectivity index (χ2n) is 5.45. The topological polar surface area (TPSA) is 70.6 Å². The highest BCUT2D eigenvalue weighted by atomic mass is 16.5. The predicted octanol–water partition coefficient (Wildman–Crippen LogP) is 0.450. The lowest BCUT2D eigenvalue weighted by atomic mass is 10.0. The summed E-state index contributed by atoms with van der Waals surface area (Å²) in [5.41, 5.74) is 0. The molecule has 7 nitrogen and oxygen atoms in total. The Kier molecular flexibility index (Phi) is 5.32. The summed E-state index contributed by atoms with van der Waals surface area (Å²) >= 11 is 0. The van der Waals surface area contributed by atoms with Gasteiger partial charge in [0, 0.05) is 31.5 Å². The van der Waals surface area contributed by atoms with Crippen LogP contribution in [0.3, 0.4) is 0 Å². The van der Waals surface area contributed by atoms with Gasteiger partial charge >= 0.3 is 0 Å². The first-order chi connectivity index (χ1) is 10.1. The van der Waals surface area contributed by atoms with Crippen molar-refractivity contribution in [2.75, 3.05) is 46.2 Å². The third-order valence-electron chi connectivity index (χ3n) is 3.50. The number of methoxy groups -OCH3 is 1. The first kappa shape index (κ1) is 15.5. The molecule has 0 spiro atoms. The van der Waals surface area contributed by atoms with E-state index in [-0.39, 0.29) is 5.91 Å². The number of carbonyl (C=O) groups is 1. The number of anilines is 1. The third kappa shape index (κ3) is 4.29. The summed E-state index contributed by atoms with van der Waals surface area (Å²) in [6.07, 6.45) is 5.05. The van der Waals surface area contributed by atoms with E-state index in [0.717, 1.165) is 25.9 Å². The van der Waals surface area contributed by atoms with E-state index in [4.69, 9.17) is 4.74 Å². The van der Waals surface area contributed by atoms with Crippen LogP contribution in [0.5, 0.6) is 5.88 Å². The number of nitrogens with zero attached hydrogens (tertiary/aromatic N) is 4. The van der Waals surface area contributed by atoms with E-state index < -0.39 is 0 Å². The van der Waals surface area contributed by atoms with Crippen molar-refractivity contribution >= 4 is 11.7 Å². The maximum absolute atomic E-state index is 12.0. The van der Waals surface area contributed by atoms with Gasteiger partial charge < -0.3 is 19.9 Å². The van der Waals surface area contributed by atoms with Crippen LogP contribution in [0.25, 0.3) is 0 Å². The SMILES string of the molecule is COc1nccnc1NC1CCN(C(=O)CN(C)C)CC1. The number of likely N-dealkylation sites (tertiary alicyclic amines) is 1. The number of carbonyl (C=O) groups excluding carboxylic acids is 1. The minimum absolute atomic E-state index is 0.190. The van der Waals surface area contributed by atoms with Crippen LogP contribution >= 0.6 is 0 Å². The minimum atomic E-state index is 0.190. The molecule has 0 aliphatic carbocycles. The Bertz CT molecular complexity index is 472. The first-order valence-electron chi connectivity index (χ1n) is 7.14. The van der Waals surface area contributed by atoms with E-state index in [9.17, 15) is 4.79 Å². The summed E-state index contributed by atoms with van der Waals surface area (Å²) < 4.78 is 5.18. The molecule has 116 valence electrons. The Labute approximate surface area is 125 Å². The zero-order valence-corrected chi connectivity index (χ0v) is 12.9. The maximum Gasteiger partial charge on any atom is 0.257 e. The highest BCUT2D eigenvalue weighted by Crippen LogP contribution is 2.21. The Hall–Kier alpha value is -1.89. The number of hydrogen-bond donors (Lipinski definition) is 1. The number of amides is 1. The number of ether oxygens (including phenoxy) is 1. The first-order valence-corrected chi connectivity index (χ1v) is 7.14. The molecule has 2 heterocycles. The summed E-state index contributed by atoms with van der Waals surface area (Å²) in [5.74, 6) is 1.36. The molecule has 1 aromatic heterocycles. The van der Waals surface area contributed by atoms with Crippen LogP contribution in [0, 0.1) is 0 Å². The van der Waals surface area contributed by atoms with Crippen LogP contribution in [0.15, 0.2) is 12.4 Å². The molecule has 7 heteroatoms. The Morgan fingerprint density at radius 1 is 1.38 bits per heavy atom. The smallest absolute Gasteiger partial charge is 0.257 e. The van der Waals surface area contributed by atoms with Crippen LogP contribution in [0.2, 0.25) is 0 Å². The van der Waals surface area contributed by atoms with Crippen LogP contribution < -0.4 is 10.1 Å². The Balaban J connectivity index is 1.85. The lowest BCUT2D eigenvalue weighted by molar-refractivity contribution is -0.132. The zero-order chi connectivity index (χ0) is 15.2. The molecule has 1 aromatic rings. The molecule has 0 saturated carbocycles. The summed E-state index contributed by atoms with van der Waals surface area (Å²) in [4.78, 5) is 24.2. The largest absolute Gasteiger partial charge is 0.478 e. The van der Waals surface area contributed by atoms with Crippen LogP contribution in [0.4, 0.5) is 5.82 Å². The van der Waals surface area contributed by atoms with E-state index >= 15 is 0 Å². The molecule has 1 amide bonds. The second kappa shape index (κ2) is 7.21. The van der Waals surface area contributed by atoms with Crippen molar-refractivity contribution in [3.63, 3.8) is 0 Å². The van der Waals surface area contributed by atoms with Gasteiger partial charge in [-0.2, -0.15) is 0 Å². The van der Waals surface area contributed by atoms with Crippen molar-refractivity contribution in [3.05, 3.63) is 12.4 Å². The number of aromatic nitrogens is 2. The van der Waals surface area contributed by atoms with Crippen molar-refractivity contribution in [1.82, 2.24) is 19.8 Å². The van der Waals surface area contributed by atoms with E-state index in [0.29, 0.717) is 24.3 Å². The molecule has 1 aliphatic heterocycles. The molecule has 1 saturated heterocycles. The van der Waals surface area contributed by atoms with Crippen molar-refractivity contribution in [3.8, 4) is 5.88 Å². The van der Waals surface area contributed by atoms with Gasteiger partial charge in [-0.1, -0.05) is 0 Å². The lowest BCUT2D eigenvalue weighted by Crippen LogP contribution is -2.45. The molecule has 0 bridgehead atoms. The Morgan fingerprint density at radius 3 is 2.67 bits per heavy atom. The fraction of sp³-hybridized carbons (Fsp3) is 0.643. The Morgan fingerprint density at radius 2 is 2.05 bits per heavy atom. The van der Waals surface area contributed by atoms with Gasteiger partial charge in [0.25, 0.3) is 5.88 Å². The maximum atomic E-state index is 12.0. The number of hydrogen-bond acceptors (Lipinski definition) is 6. The number of piperidine rings is 1.